The van der Waals surface area contributed by atoms with Gasteiger partial charge in [0, 0.05) is 12.1 Å². The third-order valence-electron chi connectivity index (χ3n) is 2.72. The Morgan fingerprint density at radius 2 is 2.17 bits per heavy atom. The molecular weight excluding hydrogens is 250 g/mol. The summed E-state index contributed by atoms with van der Waals surface area (Å²) in [5.74, 6) is 5.68. The van der Waals surface area contributed by atoms with Crippen LogP contribution >= 0.6 is 0 Å². The van der Waals surface area contributed by atoms with Gasteiger partial charge in [0.15, 0.2) is 0 Å². The van der Waals surface area contributed by atoms with Crippen LogP contribution < -0.4 is 4.72 Å². The van der Waals surface area contributed by atoms with E-state index in [2.05, 4.69) is 16.6 Å². The lowest BCUT2D eigenvalue weighted by molar-refractivity contribution is 0.350. The van der Waals surface area contributed by atoms with Crippen LogP contribution in [0.2, 0.25) is 0 Å². The van der Waals surface area contributed by atoms with E-state index in [1.165, 1.54) is 6.07 Å². The normalized spacial score (nSPS) is 14.9. The molecule has 0 amide bonds. The molecule has 0 aliphatic heterocycles. The first-order chi connectivity index (χ1) is 8.62. The van der Waals surface area contributed by atoms with Crippen molar-refractivity contribution in [3.8, 4) is 11.8 Å². The number of sulfonamides is 1. The molecule has 1 aromatic rings. The smallest absolute Gasteiger partial charge is 0.240 e. The molecule has 1 aromatic carbocycles. The molecule has 1 fully saturated rings. The topological polar surface area (TPSA) is 66.4 Å². The van der Waals surface area contributed by atoms with Crippen LogP contribution in [0, 0.1) is 17.8 Å². The number of hydrogen-bond acceptors (Lipinski definition) is 3. The van der Waals surface area contributed by atoms with Crippen LogP contribution in [0.4, 0.5) is 0 Å². The van der Waals surface area contributed by atoms with Gasteiger partial charge < -0.3 is 5.11 Å². The zero-order valence-corrected chi connectivity index (χ0v) is 10.7. The second-order valence-electron chi connectivity index (χ2n) is 4.28. The molecule has 96 valence electrons. The third-order valence-corrected chi connectivity index (χ3v) is 4.14. The van der Waals surface area contributed by atoms with Crippen LogP contribution in [0.3, 0.4) is 0 Å². The molecule has 0 aromatic heterocycles. The summed E-state index contributed by atoms with van der Waals surface area (Å²) < 4.78 is 26.6. The van der Waals surface area contributed by atoms with Gasteiger partial charge in [-0.3, -0.25) is 0 Å². The van der Waals surface area contributed by atoms with Gasteiger partial charge in [0.2, 0.25) is 10.0 Å². The average molecular weight is 265 g/mol. The van der Waals surface area contributed by atoms with Gasteiger partial charge in [-0.1, -0.05) is 17.9 Å². The van der Waals surface area contributed by atoms with Crippen molar-refractivity contribution in [3.63, 3.8) is 0 Å². The molecule has 0 spiro atoms. The van der Waals surface area contributed by atoms with Crippen LogP contribution in [0.5, 0.6) is 0 Å². The zero-order valence-electron chi connectivity index (χ0n) is 9.89. The van der Waals surface area contributed by atoms with E-state index in [-0.39, 0.29) is 11.5 Å². The molecule has 18 heavy (non-hydrogen) atoms. The molecule has 1 aliphatic carbocycles. The Balaban J connectivity index is 2.15. The quantitative estimate of drug-likeness (QED) is 0.788. The number of aliphatic hydroxyl groups excluding tert-OH is 1. The molecule has 0 radical (unpaired) electrons. The fourth-order valence-corrected chi connectivity index (χ4v) is 2.68. The van der Waals surface area contributed by atoms with Gasteiger partial charge in [0.25, 0.3) is 0 Å². The maximum absolute atomic E-state index is 12.0. The fraction of sp³-hybridized carbons (Fsp3) is 0.385. The predicted molar refractivity (Wildman–Crippen MR) is 68.3 cm³/mol. The lowest BCUT2D eigenvalue weighted by Crippen LogP contribution is -2.25. The van der Waals surface area contributed by atoms with Gasteiger partial charge in [-0.2, -0.15) is 0 Å². The van der Waals surface area contributed by atoms with E-state index in [0.717, 1.165) is 12.8 Å². The van der Waals surface area contributed by atoms with Crippen LogP contribution in [0.25, 0.3) is 0 Å². The SMILES string of the molecule is O=S(=O)(NCC1CC1)c1cccc(C#CCO)c1. The molecule has 5 heteroatoms. The summed E-state index contributed by atoms with van der Waals surface area (Å²) in [7, 11) is -3.44. The highest BCUT2D eigenvalue weighted by Crippen LogP contribution is 2.28. The Labute approximate surface area is 107 Å². The van der Waals surface area contributed by atoms with E-state index in [0.29, 0.717) is 18.0 Å². The summed E-state index contributed by atoms with van der Waals surface area (Å²) in [5.41, 5.74) is 0.582. The molecular formula is C13H15NO3S. The summed E-state index contributed by atoms with van der Waals surface area (Å²) in [6, 6.07) is 6.41. The number of hydrogen-bond donors (Lipinski definition) is 2. The molecule has 2 N–H and O–H groups in total. The van der Waals surface area contributed by atoms with Crippen molar-refractivity contribution in [1.29, 1.82) is 0 Å². The second kappa shape index (κ2) is 5.53. The van der Waals surface area contributed by atoms with E-state index < -0.39 is 10.0 Å². The van der Waals surface area contributed by atoms with E-state index in [4.69, 9.17) is 5.11 Å². The predicted octanol–water partition coefficient (Wildman–Crippen LogP) is 0.719. The minimum Gasteiger partial charge on any atom is -0.384 e. The second-order valence-corrected chi connectivity index (χ2v) is 6.05. The highest BCUT2D eigenvalue weighted by Gasteiger charge is 2.24. The van der Waals surface area contributed by atoms with E-state index >= 15 is 0 Å². The summed E-state index contributed by atoms with van der Waals surface area (Å²) in [6.07, 6.45) is 2.20. The Hall–Kier alpha value is -1.35. The van der Waals surface area contributed by atoms with Gasteiger partial charge in [0.1, 0.15) is 6.61 Å². The third kappa shape index (κ3) is 3.57. The maximum atomic E-state index is 12.0. The van der Waals surface area contributed by atoms with Crippen LogP contribution in [0.1, 0.15) is 18.4 Å². The van der Waals surface area contributed by atoms with Crippen LogP contribution in [0.15, 0.2) is 29.2 Å². The number of nitrogens with one attached hydrogen (secondary N) is 1. The fourth-order valence-electron chi connectivity index (χ4n) is 1.52. The monoisotopic (exact) mass is 265 g/mol. The Morgan fingerprint density at radius 1 is 1.39 bits per heavy atom. The Morgan fingerprint density at radius 3 is 2.83 bits per heavy atom. The average Bonchev–Trinajstić information content (AvgIpc) is 3.18. The largest absolute Gasteiger partial charge is 0.384 e. The first-order valence-corrected chi connectivity index (χ1v) is 7.29. The van der Waals surface area contributed by atoms with Crippen molar-refractivity contribution in [2.24, 2.45) is 5.92 Å². The molecule has 1 aliphatic rings. The van der Waals surface area contributed by atoms with Gasteiger partial charge >= 0.3 is 0 Å². The zero-order chi connectivity index (χ0) is 13.0. The summed E-state index contributed by atoms with van der Waals surface area (Å²) in [6.45, 7) is 0.270. The minimum atomic E-state index is -3.44. The molecule has 0 bridgehead atoms. The minimum absolute atomic E-state index is 0.216. The lowest BCUT2D eigenvalue weighted by atomic mass is 10.2. The highest BCUT2D eigenvalue weighted by atomic mass is 32.2. The van der Waals surface area contributed by atoms with E-state index in [9.17, 15) is 8.42 Å². The lowest BCUT2D eigenvalue weighted by Gasteiger charge is -2.06. The molecule has 0 saturated heterocycles. The Bertz CT molecular complexity index is 580. The first kappa shape index (κ1) is 13.1. The van der Waals surface area contributed by atoms with Crippen molar-refractivity contribution in [1.82, 2.24) is 4.72 Å². The first-order valence-electron chi connectivity index (χ1n) is 5.81. The van der Waals surface area contributed by atoms with Gasteiger partial charge in [0.05, 0.1) is 4.90 Å². The molecule has 4 nitrogen and oxygen atoms in total. The van der Waals surface area contributed by atoms with Crippen molar-refractivity contribution in [2.45, 2.75) is 17.7 Å². The van der Waals surface area contributed by atoms with Crippen molar-refractivity contribution in [3.05, 3.63) is 29.8 Å². The van der Waals surface area contributed by atoms with Crippen LogP contribution in [-0.4, -0.2) is 26.7 Å². The number of rotatable bonds is 4. The Kier molecular flexibility index (Phi) is 4.02. The summed E-state index contributed by atoms with van der Waals surface area (Å²) in [5, 5.41) is 8.60. The number of aliphatic hydroxyl groups is 1. The molecule has 1 saturated carbocycles. The molecule has 0 heterocycles. The number of benzene rings is 1. The van der Waals surface area contributed by atoms with Crippen molar-refractivity contribution < 1.29 is 13.5 Å². The molecule has 0 unspecified atom stereocenters. The van der Waals surface area contributed by atoms with Crippen molar-refractivity contribution >= 4 is 10.0 Å². The van der Waals surface area contributed by atoms with Gasteiger partial charge in [-0.15, -0.1) is 0 Å². The molecule has 0 atom stereocenters. The van der Waals surface area contributed by atoms with E-state index in [1.54, 1.807) is 18.2 Å². The summed E-state index contributed by atoms with van der Waals surface area (Å²) >= 11 is 0. The van der Waals surface area contributed by atoms with Crippen molar-refractivity contribution in [2.75, 3.05) is 13.2 Å². The standard InChI is InChI=1S/C13H15NO3S/c15-8-2-4-11-3-1-5-13(9-11)18(16,17)14-10-12-6-7-12/h1,3,5,9,12,14-15H,6-8,10H2. The summed E-state index contributed by atoms with van der Waals surface area (Å²) in [4.78, 5) is 0.216. The highest BCUT2D eigenvalue weighted by molar-refractivity contribution is 7.89. The van der Waals surface area contributed by atoms with Gasteiger partial charge in [-0.25, -0.2) is 13.1 Å². The molecule has 2 rings (SSSR count). The maximum Gasteiger partial charge on any atom is 0.240 e. The van der Waals surface area contributed by atoms with E-state index in [1.807, 2.05) is 0 Å². The van der Waals surface area contributed by atoms with Gasteiger partial charge in [-0.05, 0) is 37.0 Å². The van der Waals surface area contributed by atoms with Crippen LogP contribution in [-0.2, 0) is 10.0 Å².